The summed E-state index contributed by atoms with van der Waals surface area (Å²) < 4.78 is 0.932. The van der Waals surface area contributed by atoms with Crippen LogP contribution in [0.15, 0.2) is 0 Å². The second-order valence-corrected chi connectivity index (χ2v) is 6.17. The molecule has 0 bridgehead atoms. The molecule has 3 heterocycles. The van der Waals surface area contributed by atoms with Crippen molar-refractivity contribution >= 4 is 37.6 Å². The molecular weight excluding hydrogens is 300 g/mol. The third-order valence-electron chi connectivity index (χ3n) is 3.79. The fraction of sp³-hybridized carbons (Fsp3) is 0.429. The van der Waals surface area contributed by atoms with E-state index in [2.05, 4.69) is 45.1 Å². The lowest BCUT2D eigenvalue weighted by Gasteiger charge is -2.06. The van der Waals surface area contributed by atoms with Crippen molar-refractivity contribution in [1.82, 2.24) is 25.8 Å². The molecule has 7 nitrogen and oxygen atoms in total. The van der Waals surface area contributed by atoms with Crippen LogP contribution in [0.4, 0.5) is 5.82 Å². The van der Waals surface area contributed by atoms with Crippen molar-refractivity contribution in [3.63, 3.8) is 0 Å². The summed E-state index contributed by atoms with van der Waals surface area (Å²) in [6.07, 6.45) is 0.667. The zero-order chi connectivity index (χ0) is 15.7. The smallest absolute Gasteiger partial charge is 0.184 e. The number of rotatable bonds is 5. The molecule has 0 radical (unpaired) electrons. The number of nitrogens with zero attached hydrogens (tertiary/aromatic N) is 4. The summed E-state index contributed by atoms with van der Waals surface area (Å²) in [5.74, 6) is 0.639. The Balaban J connectivity index is 2.09. The van der Waals surface area contributed by atoms with Crippen molar-refractivity contribution in [3.05, 3.63) is 16.8 Å². The van der Waals surface area contributed by atoms with Gasteiger partial charge in [-0.1, -0.05) is 0 Å². The van der Waals surface area contributed by atoms with E-state index < -0.39 is 0 Å². The molecule has 0 saturated heterocycles. The van der Waals surface area contributed by atoms with Gasteiger partial charge in [0.1, 0.15) is 15.0 Å². The van der Waals surface area contributed by atoms with Crippen LogP contribution < -0.4 is 10.9 Å². The molecule has 22 heavy (non-hydrogen) atoms. The Morgan fingerprint density at radius 3 is 2.73 bits per heavy atom. The highest BCUT2D eigenvalue weighted by atomic mass is 32.1. The van der Waals surface area contributed by atoms with E-state index in [1.807, 2.05) is 6.92 Å². The lowest BCUT2D eigenvalue weighted by molar-refractivity contribution is 0.287. The van der Waals surface area contributed by atoms with Gasteiger partial charge in [0.15, 0.2) is 5.82 Å². The SMILES string of the molecule is Cc1nc2sc3c(NNCCCO)nnnc3c2c(C)c1C. The van der Waals surface area contributed by atoms with Crippen molar-refractivity contribution in [3.8, 4) is 0 Å². The number of aliphatic hydroxyl groups excluding tert-OH is 1. The van der Waals surface area contributed by atoms with Gasteiger partial charge in [0.05, 0.1) is 0 Å². The molecule has 8 heteroatoms. The molecule has 0 spiro atoms. The van der Waals surface area contributed by atoms with E-state index >= 15 is 0 Å². The molecule has 0 unspecified atom stereocenters. The second kappa shape index (κ2) is 6.07. The number of aryl methyl sites for hydroxylation is 2. The van der Waals surface area contributed by atoms with Crippen molar-refractivity contribution < 1.29 is 5.11 Å². The van der Waals surface area contributed by atoms with Gasteiger partial charge in [-0.25, -0.2) is 10.4 Å². The Labute approximate surface area is 131 Å². The number of hydrogen-bond donors (Lipinski definition) is 3. The van der Waals surface area contributed by atoms with E-state index in [-0.39, 0.29) is 6.61 Å². The largest absolute Gasteiger partial charge is 0.396 e. The number of fused-ring (bicyclic) bond motifs is 3. The summed E-state index contributed by atoms with van der Waals surface area (Å²) in [7, 11) is 0. The fourth-order valence-corrected chi connectivity index (χ4v) is 3.49. The highest BCUT2D eigenvalue weighted by Gasteiger charge is 2.17. The fourth-order valence-electron chi connectivity index (χ4n) is 2.33. The molecule has 0 saturated carbocycles. The van der Waals surface area contributed by atoms with Gasteiger partial charge in [-0.05, 0) is 43.5 Å². The third kappa shape index (κ3) is 2.49. The maximum absolute atomic E-state index is 8.80. The van der Waals surface area contributed by atoms with E-state index in [0.29, 0.717) is 18.8 Å². The van der Waals surface area contributed by atoms with Crippen LogP contribution in [-0.2, 0) is 0 Å². The number of aliphatic hydroxyl groups is 1. The highest BCUT2D eigenvalue weighted by molar-refractivity contribution is 7.26. The lowest BCUT2D eigenvalue weighted by atomic mass is 10.1. The highest BCUT2D eigenvalue weighted by Crippen LogP contribution is 2.37. The van der Waals surface area contributed by atoms with Crippen molar-refractivity contribution in [2.24, 2.45) is 0 Å². The zero-order valence-electron chi connectivity index (χ0n) is 12.8. The molecule has 0 atom stereocenters. The maximum atomic E-state index is 8.80. The van der Waals surface area contributed by atoms with Crippen LogP contribution in [0.1, 0.15) is 23.2 Å². The van der Waals surface area contributed by atoms with Gasteiger partial charge in [-0.3, -0.25) is 0 Å². The first-order valence-corrected chi connectivity index (χ1v) is 7.94. The summed E-state index contributed by atoms with van der Waals surface area (Å²) in [4.78, 5) is 5.62. The first-order chi connectivity index (χ1) is 10.6. The zero-order valence-corrected chi connectivity index (χ0v) is 13.6. The number of hydrogen-bond acceptors (Lipinski definition) is 8. The van der Waals surface area contributed by atoms with Gasteiger partial charge in [0.2, 0.25) is 0 Å². The van der Waals surface area contributed by atoms with Crippen LogP contribution >= 0.6 is 11.3 Å². The first kappa shape index (κ1) is 15.0. The third-order valence-corrected chi connectivity index (χ3v) is 4.86. The first-order valence-electron chi connectivity index (χ1n) is 7.12. The van der Waals surface area contributed by atoms with Gasteiger partial charge in [0.25, 0.3) is 0 Å². The normalized spacial score (nSPS) is 11.5. The van der Waals surface area contributed by atoms with Crippen molar-refractivity contribution in [2.75, 3.05) is 18.6 Å². The van der Waals surface area contributed by atoms with Crippen molar-refractivity contribution in [1.29, 1.82) is 0 Å². The van der Waals surface area contributed by atoms with Crippen LogP contribution in [-0.4, -0.2) is 38.7 Å². The standard InChI is InChI=1S/C14H18N6OS/c1-7-8(2)10-11-12(22-14(10)16-9(7)3)13(19-20-17-11)18-15-5-4-6-21/h15,21H,4-6H2,1-3H3,(H,17,18,19). The predicted molar refractivity (Wildman–Crippen MR) is 88.1 cm³/mol. The number of thiophene rings is 1. The number of aromatic nitrogens is 4. The summed E-state index contributed by atoms with van der Waals surface area (Å²) in [5.41, 5.74) is 10.3. The Morgan fingerprint density at radius 2 is 1.95 bits per heavy atom. The molecule has 3 aromatic rings. The monoisotopic (exact) mass is 318 g/mol. The number of pyridine rings is 1. The van der Waals surface area contributed by atoms with E-state index in [9.17, 15) is 0 Å². The molecule has 3 aromatic heterocycles. The van der Waals surface area contributed by atoms with Gasteiger partial charge in [-0.2, -0.15) is 0 Å². The quantitative estimate of drug-likeness (QED) is 0.488. The van der Waals surface area contributed by atoms with E-state index in [4.69, 9.17) is 5.11 Å². The maximum Gasteiger partial charge on any atom is 0.184 e. The minimum atomic E-state index is 0.149. The Kier molecular flexibility index (Phi) is 4.14. The predicted octanol–water partition coefficient (Wildman–Crippen LogP) is 1.86. The Bertz CT molecular complexity index is 831. The molecule has 3 N–H and O–H groups in total. The molecule has 0 amide bonds. The van der Waals surface area contributed by atoms with E-state index in [1.165, 1.54) is 11.1 Å². The van der Waals surface area contributed by atoms with Gasteiger partial charge < -0.3 is 10.5 Å². The minimum Gasteiger partial charge on any atom is -0.396 e. The summed E-state index contributed by atoms with van der Waals surface area (Å²) in [5, 5.41) is 22.0. The minimum absolute atomic E-state index is 0.149. The lowest BCUT2D eigenvalue weighted by Crippen LogP contribution is -2.24. The molecule has 3 rings (SSSR count). The average molecular weight is 318 g/mol. The Morgan fingerprint density at radius 1 is 1.14 bits per heavy atom. The number of nitrogens with one attached hydrogen (secondary N) is 2. The van der Waals surface area contributed by atoms with E-state index in [0.717, 1.165) is 26.1 Å². The molecule has 0 aromatic carbocycles. The molecule has 0 fully saturated rings. The van der Waals surface area contributed by atoms with Crippen LogP contribution in [0.5, 0.6) is 0 Å². The van der Waals surface area contributed by atoms with Crippen LogP contribution in [0.25, 0.3) is 20.4 Å². The molecule has 0 aliphatic rings. The topological polar surface area (TPSA) is 95.9 Å². The number of hydrazine groups is 1. The van der Waals surface area contributed by atoms with Crippen LogP contribution in [0.3, 0.4) is 0 Å². The van der Waals surface area contributed by atoms with Gasteiger partial charge >= 0.3 is 0 Å². The number of anilines is 1. The second-order valence-electron chi connectivity index (χ2n) is 5.17. The van der Waals surface area contributed by atoms with Gasteiger partial charge in [-0.15, -0.1) is 21.5 Å². The molecular formula is C14H18N6OS. The average Bonchev–Trinajstić information content (AvgIpc) is 2.88. The molecule has 0 aliphatic carbocycles. The summed E-state index contributed by atoms with van der Waals surface area (Å²) >= 11 is 1.56. The summed E-state index contributed by atoms with van der Waals surface area (Å²) in [6, 6.07) is 0. The molecule has 116 valence electrons. The van der Waals surface area contributed by atoms with Crippen molar-refractivity contribution in [2.45, 2.75) is 27.2 Å². The molecule has 0 aliphatic heterocycles. The Hall–Kier alpha value is -1.90. The van der Waals surface area contributed by atoms with E-state index in [1.54, 1.807) is 11.3 Å². The summed E-state index contributed by atoms with van der Waals surface area (Å²) in [6.45, 7) is 6.97. The van der Waals surface area contributed by atoms with Gasteiger partial charge in [0, 0.05) is 24.2 Å². The van der Waals surface area contributed by atoms with Crippen LogP contribution in [0, 0.1) is 20.8 Å². The van der Waals surface area contributed by atoms with Crippen LogP contribution in [0.2, 0.25) is 0 Å².